The van der Waals surface area contributed by atoms with E-state index in [0.29, 0.717) is 26.2 Å². The Morgan fingerprint density at radius 2 is 0.720 bits per heavy atom. The van der Waals surface area contributed by atoms with Gasteiger partial charge in [0.15, 0.2) is 0 Å². The Kier molecular flexibility index (Phi) is 66.5. The van der Waals surface area contributed by atoms with Crippen LogP contribution in [-0.2, 0) is 19.2 Å². The highest BCUT2D eigenvalue weighted by Crippen LogP contribution is 1.67. The van der Waals surface area contributed by atoms with Crippen LogP contribution in [0.3, 0.4) is 0 Å². The van der Waals surface area contributed by atoms with Crippen molar-refractivity contribution in [2.45, 2.75) is 20.8 Å². The third kappa shape index (κ3) is 2180. The van der Waals surface area contributed by atoms with Gasteiger partial charge in [-0.1, -0.05) is 0 Å². The molecule has 25 heavy (non-hydrogen) atoms. The van der Waals surface area contributed by atoms with Gasteiger partial charge >= 0.3 is 5.97 Å². The number of aliphatic carboxylic acids is 4. The Hall–Kier alpha value is -1.99. The van der Waals surface area contributed by atoms with Gasteiger partial charge < -0.3 is 43.4 Å². The summed E-state index contributed by atoms with van der Waals surface area (Å²) in [6.07, 6.45) is 0. The van der Waals surface area contributed by atoms with Crippen LogP contribution < -0.4 is 22.9 Å². The Morgan fingerprint density at radius 1 is 0.640 bits per heavy atom. The topological polar surface area (TPSA) is 253 Å². The van der Waals surface area contributed by atoms with Gasteiger partial charge in [-0.05, 0) is 0 Å². The number of alkyl halides is 1. The molecule has 0 aliphatic carbocycles. The molecular formula is C12H31ClN4O8. The highest BCUT2D eigenvalue weighted by Gasteiger charge is 1.83. The van der Waals surface area contributed by atoms with Crippen LogP contribution in [0.2, 0.25) is 0 Å². The summed E-state index contributed by atoms with van der Waals surface area (Å²) in [5.74, 6) is -3.79. The first kappa shape index (κ1) is 38.5. The predicted molar refractivity (Wildman–Crippen MR) is 94.5 cm³/mol. The molecule has 0 aromatic carbocycles. The normalized spacial score (nSPS) is 6.88. The molecule has 0 spiro atoms. The zero-order valence-electron chi connectivity index (χ0n) is 14.6. The minimum absolute atomic E-state index is 0.306. The summed E-state index contributed by atoms with van der Waals surface area (Å²) in [5.41, 5.74) is 19.6. The summed E-state index contributed by atoms with van der Waals surface area (Å²) in [6, 6.07) is 0. The summed E-state index contributed by atoms with van der Waals surface area (Å²) >= 11 is 4.74. The fourth-order valence-electron chi connectivity index (χ4n) is 0. The van der Waals surface area contributed by atoms with E-state index < -0.39 is 23.9 Å². The van der Waals surface area contributed by atoms with E-state index in [0.717, 1.165) is 20.8 Å². The van der Waals surface area contributed by atoms with Crippen molar-refractivity contribution in [2.24, 2.45) is 22.9 Å². The number of rotatable bonds is 3. The van der Waals surface area contributed by atoms with Gasteiger partial charge in [0, 0.05) is 47.0 Å². The van der Waals surface area contributed by atoms with Crippen LogP contribution in [0, 0.1) is 0 Å². The molecule has 0 saturated carbocycles. The molecule has 0 fully saturated rings. The maximum absolute atomic E-state index is 9.24. The van der Waals surface area contributed by atoms with Crippen molar-refractivity contribution >= 4 is 35.5 Å². The molecule has 0 amide bonds. The van der Waals surface area contributed by atoms with E-state index in [1.165, 1.54) is 0 Å². The van der Waals surface area contributed by atoms with Crippen LogP contribution in [0.15, 0.2) is 0 Å². The Bertz CT molecular complexity index is 258. The average Bonchev–Trinajstić information content (AvgIpc) is 2.46. The monoisotopic (exact) mass is 394 g/mol. The largest absolute Gasteiger partial charge is 0.481 e. The first-order valence-electron chi connectivity index (χ1n) is 6.46. The number of carbonyl (C=O) groups is 4. The van der Waals surface area contributed by atoms with E-state index in [1.807, 2.05) is 0 Å². The minimum atomic E-state index is -0.980. The van der Waals surface area contributed by atoms with Crippen LogP contribution in [0.25, 0.3) is 0 Å². The van der Waals surface area contributed by atoms with Crippen molar-refractivity contribution in [3.63, 3.8) is 0 Å². The van der Waals surface area contributed by atoms with E-state index in [4.69, 9.17) is 69.3 Å². The fraction of sp³-hybridized carbons (Fsp3) is 0.667. The molecule has 12 nitrogen and oxygen atoms in total. The van der Waals surface area contributed by atoms with E-state index in [9.17, 15) is 4.79 Å². The SMILES string of the molecule is CC(=O)O.CC(=O)O.CC(=O)O.NCCN.NCCN.O=C(O)CCl. The van der Waals surface area contributed by atoms with E-state index in [1.54, 1.807) is 0 Å². The van der Waals surface area contributed by atoms with E-state index in [-0.39, 0.29) is 5.88 Å². The van der Waals surface area contributed by atoms with Crippen LogP contribution >= 0.6 is 11.6 Å². The lowest BCUT2D eigenvalue weighted by Gasteiger charge is -1.72. The van der Waals surface area contributed by atoms with Crippen molar-refractivity contribution in [1.29, 1.82) is 0 Å². The van der Waals surface area contributed by atoms with Crippen LogP contribution in [0.1, 0.15) is 20.8 Å². The summed E-state index contributed by atoms with van der Waals surface area (Å²) in [5, 5.41) is 29.8. The molecule has 154 valence electrons. The number of halogens is 1. The summed E-state index contributed by atoms with van der Waals surface area (Å²) in [4.78, 5) is 36.2. The highest BCUT2D eigenvalue weighted by molar-refractivity contribution is 6.26. The number of nitrogens with two attached hydrogens (primary N) is 4. The second kappa shape index (κ2) is 43.1. The smallest absolute Gasteiger partial charge is 0.318 e. The van der Waals surface area contributed by atoms with Crippen molar-refractivity contribution in [1.82, 2.24) is 0 Å². The van der Waals surface area contributed by atoms with Gasteiger partial charge in [-0.2, -0.15) is 0 Å². The van der Waals surface area contributed by atoms with Crippen molar-refractivity contribution in [2.75, 3.05) is 32.1 Å². The molecule has 0 aliphatic rings. The molecule has 0 aromatic heterocycles. The van der Waals surface area contributed by atoms with Gasteiger partial charge in [-0.25, -0.2) is 0 Å². The van der Waals surface area contributed by atoms with Gasteiger partial charge in [-0.15, -0.1) is 11.6 Å². The molecule has 13 heteroatoms. The van der Waals surface area contributed by atoms with E-state index in [2.05, 4.69) is 0 Å². The molecule has 0 saturated heterocycles. The molecular weight excluding hydrogens is 364 g/mol. The number of hydrogen-bond acceptors (Lipinski definition) is 8. The number of carboxylic acid groups (broad SMARTS) is 4. The van der Waals surface area contributed by atoms with Crippen LogP contribution in [0.5, 0.6) is 0 Å². The second-order valence-electron chi connectivity index (χ2n) is 3.24. The average molecular weight is 395 g/mol. The zero-order chi connectivity index (χ0) is 21.8. The standard InChI is InChI=1S/C2H3ClO2.2C2H8N2.3C2H4O2/c3-1-2(4)5;2*3-1-2-4;3*1-2(3)4/h1H2,(H,4,5);2*1-4H2;3*1H3,(H,3,4). The van der Waals surface area contributed by atoms with Gasteiger partial charge in [0.05, 0.1) is 0 Å². The summed E-state index contributed by atoms with van der Waals surface area (Å²) in [6.45, 7) is 5.64. The third-order valence-electron chi connectivity index (χ3n) is 0.448. The quantitative estimate of drug-likeness (QED) is 0.251. The minimum Gasteiger partial charge on any atom is -0.481 e. The second-order valence-corrected chi connectivity index (χ2v) is 3.51. The number of carboxylic acids is 4. The lowest BCUT2D eigenvalue weighted by molar-refractivity contribution is -0.135. The first-order chi connectivity index (χ1) is 11.3. The molecule has 0 aliphatic heterocycles. The lowest BCUT2D eigenvalue weighted by atomic mass is 10.7. The molecule has 0 rings (SSSR count). The first-order valence-corrected chi connectivity index (χ1v) is 7.00. The van der Waals surface area contributed by atoms with Crippen molar-refractivity contribution < 1.29 is 39.6 Å². The Balaban J connectivity index is -0.0000000434. The van der Waals surface area contributed by atoms with Gasteiger partial charge in [0.25, 0.3) is 17.9 Å². The Morgan fingerprint density at radius 3 is 0.720 bits per heavy atom. The maximum atomic E-state index is 9.24. The molecule has 12 N–H and O–H groups in total. The molecule has 0 bridgehead atoms. The number of hydrogen-bond donors (Lipinski definition) is 8. The molecule has 0 unspecified atom stereocenters. The maximum Gasteiger partial charge on any atom is 0.318 e. The van der Waals surface area contributed by atoms with Crippen LogP contribution in [0.4, 0.5) is 0 Å². The van der Waals surface area contributed by atoms with Crippen LogP contribution in [-0.4, -0.2) is 76.4 Å². The summed E-state index contributed by atoms with van der Waals surface area (Å²) < 4.78 is 0. The third-order valence-corrected chi connectivity index (χ3v) is 0.676. The molecule has 0 atom stereocenters. The molecule has 0 radical (unpaired) electrons. The predicted octanol–water partition coefficient (Wildman–Crippen LogP) is -1.61. The fourth-order valence-corrected chi connectivity index (χ4v) is 0. The molecule has 0 aromatic rings. The van der Waals surface area contributed by atoms with Gasteiger partial charge in [0.1, 0.15) is 5.88 Å². The lowest BCUT2D eigenvalue weighted by Crippen LogP contribution is -2.11. The highest BCUT2D eigenvalue weighted by atomic mass is 35.5. The van der Waals surface area contributed by atoms with Gasteiger partial charge in [0.2, 0.25) is 0 Å². The Labute approximate surface area is 151 Å². The van der Waals surface area contributed by atoms with E-state index >= 15 is 0 Å². The van der Waals surface area contributed by atoms with Crippen molar-refractivity contribution in [3.8, 4) is 0 Å². The summed E-state index contributed by atoms with van der Waals surface area (Å²) in [7, 11) is 0. The van der Waals surface area contributed by atoms with Gasteiger partial charge in [-0.3, -0.25) is 19.2 Å². The zero-order valence-corrected chi connectivity index (χ0v) is 15.4. The molecule has 0 heterocycles. The van der Waals surface area contributed by atoms with Crippen molar-refractivity contribution in [3.05, 3.63) is 0 Å².